The van der Waals surface area contributed by atoms with Crippen molar-refractivity contribution < 1.29 is 0 Å². The molecule has 6 heteroatoms. The fourth-order valence-electron chi connectivity index (χ4n) is 2.51. The first kappa shape index (κ1) is 14.3. The molecule has 2 heterocycles. The van der Waals surface area contributed by atoms with Gasteiger partial charge in [-0.1, -0.05) is 23.7 Å². The maximum atomic E-state index is 5.91. The van der Waals surface area contributed by atoms with Gasteiger partial charge in [-0.3, -0.25) is 0 Å². The average molecular weight is 299 g/mol. The maximum absolute atomic E-state index is 5.91. The van der Waals surface area contributed by atoms with Crippen LogP contribution in [-0.2, 0) is 19.4 Å². The number of halogens is 2. The summed E-state index contributed by atoms with van der Waals surface area (Å²) in [5.74, 6) is 2.55. The Morgan fingerprint density at radius 3 is 2.68 bits per heavy atom. The summed E-state index contributed by atoms with van der Waals surface area (Å²) < 4.78 is 2.20. The molecule has 2 N–H and O–H groups in total. The fraction of sp³-hybridized carbons (Fsp3) is 0.385. The normalized spacial score (nSPS) is 17.1. The third-order valence-corrected chi connectivity index (χ3v) is 3.70. The number of nitrogens with zero attached hydrogens (tertiary/aromatic N) is 3. The van der Waals surface area contributed by atoms with E-state index in [0.29, 0.717) is 12.5 Å². The molecule has 1 atom stereocenters. The van der Waals surface area contributed by atoms with E-state index in [-0.39, 0.29) is 12.4 Å². The molecule has 1 aromatic carbocycles. The van der Waals surface area contributed by atoms with Crippen LogP contribution in [0.4, 0.5) is 0 Å². The lowest BCUT2D eigenvalue weighted by Crippen LogP contribution is -2.10. The smallest absolute Gasteiger partial charge is 0.134 e. The SMILES string of the molecule is Cl.NCCc1nnc2n1CC(c1ccc(Cl)cc1)C2. The van der Waals surface area contributed by atoms with Crippen LogP contribution in [0.2, 0.25) is 5.02 Å². The van der Waals surface area contributed by atoms with Crippen LogP contribution in [0.15, 0.2) is 24.3 Å². The zero-order chi connectivity index (χ0) is 12.5. The minimum atomic E-state index is 0. The van der Waals surface area contributed by atoms with Gasteiger partial charge in [0.1, 0.15) is 11.6 Å². The largest absolute Gasteiger partial charge is 0.330 e. The fourth-order valence-corrected chi connectivity index (χ4v) is 2.64. The summed E-state index contributed by atoms with van der Waals surface area (Å²) in [7, 11) is 0. The van der Waals surface area contributed by atoms with Gasteiger partial charge in [0.05, 0.1) is 0 Å². The van der Waals surface area contributed by atoms with Gasteiger partial charge in [-0.05, 0) is 24.2 Å². The Labute approximate surface area is 123 Å². The van der Waals surface area contributed by atoms with Crippen molar-refractivity contribution in [2.45, 2.75) is 25.3 Å². The van der Waals surface area contributed by atoms with Gasteiger partial charge in [0.25, 0.3) is 0 Å². The number of aromatic nitrogens is 3. The summed E-state index contributed by atoms with van der Waals surface area (Å²) in [4.78, 5) is 0. The van der Waals surface area contributed by atoms with Gasteiger partial charge in [-0.2, -0.15) is 0 Å². The lowest BCUT2D eigenvalue weighted by molar-refractivity contribution is 0.617. The van der Waals surface area contributed by atoms with Crippen LogP contribution in [0.25, 0.3) is 0 Å². The molecule has 1 aromatic heterocycles. The number of rotatable bonds is 3. The van der Waals surface area contributed by atoms with E-state index in [9.17, 15) is 0 Å². The van der Waals surface area contributed by atoms with E-state index in [4.69, 9.17) is 17.3 Å². The van der Waals surface area contributed by atoms with E-state index in [1.807, 2.05) is 12.1 Å². The van der Waals surface area contributed by atoms with Crippen LogP contribution in [-0.4, -0.2) is 21.3 Å². The summed E-state index contributed by atoms with van der Waals surface area (Å²) in [5.41, 5.74) is 6.89. The Hall–Kier alpha value is -1.10. The van der Waals surface area contributed by atoms with E-state index < -0.39 is 0 Å². The monoisotopic (exact) mass is 298 g/mol. The lowest BCUT2D eigenvalue weighted by Gasteiger charge is -2.10. The van der Waals surface area contributed by atoms with Crippen molar-refractivity contribution >= 4 is 24.0 Å². The molecule has 0 spiro atoms. The third-order valence-electron chi connectivity index (χ3n) is 3.45. The summed E-state index contributed by atoms with van der Waals surface area (Å²) in [5, 5.41) is 9.20. The summed E-state index contributed by atoms with van der Waals surface area (Å²) in [6.07, 6.45) is 1.74. The van der Waals surface area contributed by atoms with E-state index in [1.54, 1.807) is 0 Å². The van der Waals surface area contributed by atoms with Gasteiger partial charge >= 0.3 is 0 Å². The van der Waals surface area contributed by atoms with Crippen LogP contribution in [0, 0.1) is 0 Å². The number of benzene rings is 1. The topological polar surface area (TPSA) is 56.7 Å². The molecule has 0 aliphatic carbocycles. The van der Waals surface area contributed by atoms with Crippen molar-refractivity contribution in [3.8, 4) is 0 Å². The van der Waals surface area contributed by atoms with Crippen LogP contribution >= 0.6 is 24.0 Å². The van der Waals surface area contributed by atoms with Gasteiger partial charge < -0.3 is 10.3 Å². The second-order valence-corrected chi connectivity index (χ2v) is 5.07. The maximum Gasteiger partial charge on any atom is 0.134 e. The molecule has 2 aromatic rings. The molecule has 0 radical (unpaired) electrons. The number of hydrogen-bond acceptors (Lipinski definition) is 3. The minimum Gasteiger partial charge on any atom is -0.330 e. The predicted octanol–water partition coefficient (Wildman–Crippen LogP) is 2.19. The molecular weight excluding hydrogens is 283 g/mol. The highest BCUT2D eigenvalue weighted by atomic mass is 35.5. The zero-order valence-electron chi connectivity index (χ0n) is 10.4. The van der Waals surface area contributed by atoms with Crippen molar-refractivity contribution in [1.82, 2.24) is 14.8 Å². The van der Waals surface area contributed by atoms with Crippen LogP contribution < -0.4 is 5.73 Å². The molecule has 1 aliphatic rings. The number of hydrogen-bond donors (Lipinski definition) is 1. The summed E-state index contributed by atoms with van der Waals surface area (Å²) in [6, 6.07) is 8.07. The van der Waals surface area contributed by atoms with Gasteiger partial charge in [-0.15, -0.1) is 22.6 Å². The minimum absolute atomic E-state index is 0. The molecule has 19 heavy (non-hydrogen) atoms. The first-order valence-corrected chi connectivity index (χ1v) is 6.52. The van der Waals surface area contributed by atoms with Gasteiger partial charge in [0.2, 0.25) is 0 Å². The highest BCUT2D eigenvalue weighted by Gasteiger charge is 2.26. The highest BCUT2D eigenvalue weighted by Crippen LogP contribution is 2.30. The van der Waals surface area contributed by atoms with Crippen molar-refractivity contribution in [3.05, 3.63) is 46.5 Å². The Morgan fingerprint density at radius 2 is 2.00 bits per heavy atom. The molecule has 1 unspecified atom stereocenters. The van der Waals surface area contributed by atoms with Crippen molar-refractivity contribution in [2.24, 2.45) is 5.73 Å². The van der Waals surface area contributed by atoms with E-state index >= 15 is 0 Å². The molecule has 0 saturated heterocycles. The molecule has 3 rings (SSSR count). The molecule has 4 nitrogen and oxygen atoms in total. The second kappa shape index (κ2) is 5.90. The Bertz CT molecular complexity index is 550. The molecule has 0 amide bonds. The summed E-state index contributed by atoms with van der Waals surface area (Å²) in [6.45, 7) is 1.56. The first-order valence-electron chi connectivity index (χ1n) is 6.14. The molecule has 1 aliphatic heterocycles. The lowest BCUT2D eigenvalue weighted by atomic mass is 9.98. The van der Waals surface area contributed by atoms with Crippen molar-refractivity contribution in [3.63, 3.8) is 0 Å². The summed E-state index contributed by atoms with van der Waals surface area (Å²) >= 11 is 5.91. The van der Waals surface area contributed by atoms with Gasteiger partial charge in [0.15, 0.2) is 0 Å². The van der Waals surface area contributed by atoms with E-state index in [2.05, 4.69) is 26.9 Å². The molecule has 0 saturated carbocycles. The van der Waals surface area contributed by atoms with Gasteiger partial charge in [-0.25, -0.2) is 0 Å². The number of fused-ring (bicyclic) bond motifs is 1. The molecule has 0 bridgehead atoms. The van der Waals surface area contributed by atoms with Crippen molar-refractivity contribution in [1.29, 1.82) is 0 Å². The molecule has 0 fully saturated rings. The van der Waals surface area contributed by atoms with Crippen LogP contribution in [0.5, 0.6) is 0 Å². The quantitative estimate of drug-likeness (QED) is 0.945. The third kappa shape index (κ3) is 2.76. The van der Waals surface area contributed by atoms with Gasteiger partial charge in [0, 0.05) is 30.3 Å². The Kier molecular flexibility index (Phi) is 4.45. The zero-order valence-corrected chi connectivity index (χ0v) is 12.0. The molecule has 102 valence electrons. The Balaban J connectivity index is 0.00000133. The first-order chi connectivity index (χ1) is 8.78. The van der Waals surface area contributed by atoms with Crippen molar-refractivity contribution in [2.75, 3.05) is 6.54 Å². The van der Waals surface area contributed by atoms with E-state index in [1.165, 1.54) is 5.56 Å². The second-order valence-electron chi connectivity index (χ2n) is 4.63. The van der Waals surface area contributed by atoms with Crippen LogP contribution in [0.3, 0.4) is 0 Å². The standard InChI is InChI=1S/C13H15ClN4.ClH/c14-11-3-1-9(2-4-11)10-7-13-17-16-12(5-6-15)18(13)8-10;/h1-4,10H,5-8,15H2;1H. The highest BCUT2D eigenvalue weighted by molar-refractivity contribution is 6.30. The predicted molar refractivity (Wildman–Crippen MR) is 77.9 cm³/mol. The Morgan fingerprint density at radius 1 is 1.26 bits per heavy atom. The average Bonchev–Trinajstić information content (AvgIpc) is 2.93. The number of nitrogens with two attached hydrogens (primary N) is 1. The van der Waals surface area contributed by atoms with Crippen LogP contribution in [0.1, 0.15) is 23.1 Å². The van der Waals surface area contributed by atoms with E-state index in [0.717, 1.165) is 36.1 Å². The molecular formula is C13H16Cl2N4.